The van der Waals surface area contributed by atoms with Gasteiger partial charge in [-0.1, -0.05) is 54.2 Å². The number of carbonyl (C=O) groups excluding carboxylic acids is 1. The summed E-state index contributed by atoms with van der Waals surface area (Å²) in [5.74, 6) is 0.800. The summed E-state index contributed by atoms with van der Waals surface area (Å²) in [5, 5.41) is 14.5. The second-order valence-electron chi connectivity index (χ2n) is 6.99. The number of fused-ring (bicyclic) bond motifs is 1. The number of aromatic nitrogens is 2. The number of rotatable bonds is 6. The minimum Gasteiger partial charge on any atom is -0.507 e. The number of thioether (sulfide) groups is 1. The van der Waals surface area contributed by atoms with E-state index in [-0.39, 0.29) is 17.4 Å². The molecule has 0 saturated heterocycles. The minimum absolute atomic E-state index is 0.117. The predicted octanol–water partition coefficient (Wildman–Crippen LogP) is 3.97. The number of carbonyl (C=O) groups is 1. The highest BCUT2D eigenvalue weighted by atomic mass is 32.2. The van der Waals surface area contributed by atoms with Crippen molar-refractivity contribution in [3.8, 4) is 17.1 Å². The zero-order valence-electron chi connectivity index (χ0n) is 16.4. The number of amides is 1. The van der Waals surface area contributed by atoms with Crippen molar-refractivity contribution in [1.82, 2.24) is 15.4 Å². The van der Waals surface area contributed by atoms with E-state index in [0.29, 0.717) is 11.4 Å². The van der Waals surface area contributed by atoms with Gasteiger partial charge in [-0.25, -0.2) is 15.4 Å². The third-order valence-corrected chi connectivity index (χ3v) is 5.86. The lowest BCUT2D eigenvalue weighted by atomic mass is 9.97. The number of hydrogen-bond donors (Lipinski definition) is 2. The second-order valence-corrected chi connectivity index (χ2v) is 7.96. The van der Waals surface area contributed by atoms with Gasteiger partial charge in [0.05, 0.1) is 12.0 Å². The van der Waals surface area contributed by atoms with Crippen molar-refractivity contribution in [2.75, 3.05) is 5.75 Å². The van der Waals surface area contributed by atoms with E-state index >= 15 is 0 Å². The molecule has 3 aromatic rings. The van der Waals surface area contributed by atoms with E-state index < -0.39 is 0 Å². The first kappa shape index (κ1) is 20.1. The molecule has 0 bridgehead atoms. The van der Waals surface area contributed by atoms with E-state index in [1.54, 1.807) is 24.3 Å². The molecule has 6 nitrogen and oxygen atoms in total. The van der Waals surface area contributed by atoms with E-state index in [2.05, 4.69) is 10.5 Å². The number of para-hydroxylation sites is 1. The standard InChI is InChI=1S/C23H22N4O2S/c28-20-13-7-4-10-17(20)14-24-27-21(29)15-30-23-18-11-5-6-12-19(18)25-22(26-23)16-8-2-1-3-9-16/h1-4,7-10,13-14,28H,5-6,11-12,15H2,(H,27,29)/b24-14+. The van der Waals surface area contributed by atoms with Crippen LogP contribution in [0.15, 0.2) is 64.7 Å². The summed E-state index contributed by atoms with van der Waals surface area (Å²) in [4.78, 5) is 21.8. The predicted molar refractivity (Wildman–Crippen MR) is 119 cm³/mol. The van der Waals surface area contributed by atoms with Crippen LogP contribution >= 0.6 is 11.8 Å². The molecule has 0 fully saturated rings. The number of aromatic hydroxyl groups is 1. The third-order valence-electron chi connectivity index (χ3n) is 4.85. The van der Waals surface area contributed by atoms with Crippen molar-refractivity contribution < 1.29 is 9.90 Å². The number of hydrogen-bond acceptors (Lipinski definition) is 6. The van der Waals surface area contributed by atoms with Crippen LogP contribution in [-0.2, 0) is 17.6 Å². The Morgan fingerprint density at radius 3 is 2.67 bits per heavy atom. The molecule has 0 atom stereocenters. The van der Waals surface area contributed by atoms with Gasteiger partial charge in [0, 0.05) is 22.4 Å². The zero-order valence-corrected chi connectivity index (χ0v) is 17.2. The van der Waals surface area contributed by atoms with Crippen molar-refractivity contribution >= 4 is 23.9 Å². The summed E-state index contributed by atoms with van der Waals surface area (Å²) >= 11 is 1.41. The molecule has 0 aliphatic heterocycles. The van der Waals surface area contributed by atoms with Crippen LogP contribution in [0.1, 0.15) is 29.7 Å². The van der Waals surface area contributed by atoms with Crippen LogP contribution in [0.2, 0.25) is 0 Å². The number of aryl methyl sites for hydroxylation is 1. The normalized spacial score (nSPS) is 13.2. The van der Waals surface area contributed by atoms with E-state index in [4.69, 9.17) is 9.97 Å². The van der Waals surface area contributed by atoms with Crippen molar-refractivity contribution in [2.24, 2.45) is 5.10 Å². The molecule has 0 radical (unpaired) electrons. The lowest BCUT2D eigenvalue weighted by molar-refractivity contribution is -0.118. The van der Waals surface area contributed by atoms with Crippen molar-refractivity contribution in [1.29, 1.82) is 0 Å². The molecule has 0 unspecified atom stereocenters. The van der Waals surface area contributed by atoms with Crippen LogP contribution in [0, 0.1) is 0 Å². The van der Waals surface area contributed by atoms with Gasteiger partial charge in [-0.15, -0.1) is 0 Å². The van der Waals surface area contributed by atoms with E-state index in [1.807, 2.05) is 30.3 Å². The van der Waals surface area contributed by atoms with Crippen molar-refractivity contribution in [3.05, 3.63) is 71.4 Å². The van der Waals surface area contributed by atoms with Gasteiger partial charge in [0.15, 0.2) is 5.82 Å². The van der Waals surface area contributed by atoms with Gasteiger partial charge in [-0.05, 0) is 37.8 Å². The Hall–Kier alpha value is -3.19. The molecule has 1 aliphatic carbocycles. The number of nitrogens with one attached hydrogen (secondary N) is 1. The van der Waals surface area contributed by atoms with Crippen LogP contribution < -0.4 is 5.43 Å². The number of phenols is 1. The summed E-state index contributed by atoms with van der Waals surface area (Å²) in [5.41, 5.74) is 6.29. The Morgan fingerprint density at radius 2 is 1.83 bits per heavy atom. The molecule has 0 saturated carbocycles. The fraction of sp³-hybridized carbons (Fsp3) is 0.217. The molecule has 30 heavy (non-hydrogen) atoms. The van der Waals surface area contributed by atoms with E-state index in [1.165, 1.54) is 18.0 Å². The Morgan fingerprint density at radius 1 is 1.07 bits per heavy atom. The number of benzene rings is 2. The maximum atomic E-state index is 12.3. The SMILES string of the molecule is O=C(CSc1nc(-c2ccccc2)nc2c1CCCC2)N/N=C/c1ccccc1O. The highest BCUT2D eigenvalue weighted by molar-refractivity contribution is 7.99. The van der Waals surface area contributed by atoms with Gasteiger partial charge in [0.25, 0.3) is 0 Å². The average molecular weight is 419 g/mol. The molecule has 0 spiro atoms. The van der Waals surface area contributed by atoms with Crippen molar-refractivity contribution in [3.63, 3.8) is 0 Å². The molecular weight excluding hydrogens is 396 g/mol. The first-order valence-corrected chi connectivity index (χ1v) is 10.9. The molecule has 152 valence electrons. The van der Waals surface area contributed by atoms with E-state index in [0.717, 1.165) is 47.5 Å². The summed E-state index contributed by atoms with van der Waals surface area (Å²) in [6, 6.07) is 16.7. The Bertz CT molecular complexity index is 1070. The molecular formula is C23H22N4O2S. The lowest BCUT2D eigenvalue weighted by Crippen LogP contribution is -2.20. The summed E-state index contributed by atoms with van der Waals surface area (Å²) in [6.07, 6.45) is 5.57. The molecule has 1 heterocycles. The second kappa shape index (κ2) is 9.54. The lowest BCUT2D eigenvalue weighted by Gasteiger charge is -2.18. The maximum absolute atomic E-state index is 12.3. The van der Waals surface area contributed by atoms with Gasteiger partial charge in [-0.2, -0.15) is 5.10 Å². The molecule has 4 rings (SSSR count). The monoisotopic (exact) mass is 418 g/mol. The highest BCUT2D eigenvalue weighted by Crippen LogP contribution is 2.31. The van der Waals surface area contributed by atoms with Crippen LogP contribution in [0.5, 0.6) is 5.75 Å². The Kier molecular flexibility index (Phi) is 6.39. The fourth-order valence-corrected chi connectivity index (χ4v) is 4.21. The van der Waals surface area contributed by atoms with Gasteiger partial charge < -0.3 is 5.11 Å². The Balaban J connectivity index is 1.46. The largest absolute Gasteiger partial charge is 0.507 e. The van der Waals surface area contributed by atoms with E-state index in [9.17, 15) is 9.90 Å². The summed E-state index contributed by atoms with van der Waals surface area (Å²) in [6.45, 7) is 0. The Labute approximate surface area is 179 Å². The first-order chi connectivity index (χ1) is 14.7. The first-order valence-electron chi connectivity index (χ1n) is 9.88. The average Bonchev–Trinajstić information content (AvgIpc) is 2.79. The number of hydrazone groups is 1. The topological polar surface area (TPSA) is 87.5 Å². The zero-order chi connectivity index (χ0) is 20.8. The fourth-order valence-electron chi connectivity index (χ4n) is 3.33. The molecule has 2 N–H and O–H groups in total. The van der Waals surface area contributed by atoms with Crippen LogP contribution in [0.25, 0.3) is 11.4 Å². The van der Waals surface area contributed by atoms with Crippen LogP contribution in [-0.4, -0.2) is 32.9 Å². The minimum atomic E-state index is -0.226. The molecule has 1 aromatic heterocycles. The summed E-state index contributed by atoms with van der Waals surface area (Å²) < 4.78 is 0. The number of nitrogens with zero attached hydrogens (tertiary/aromatic N) is 3. The molecule has 7 heteroatoms. The quantitative estimate of drug-likeness (QED) is 0.274. The maximum Gasteiger partial charge on any atom is 0.250 e. The molecule has 1 aliphatic rings. The van der Waals surface area contributed by atoms with Gasteiger partial charge in [0.2, 0.25) is 5.91 Å². The summed E-state index contributed by atoms with van der Waals surface area (Å²) in [7, 11) is 0. The molecule has 2 aromatic carbocycles. The van der Waals surface area contributed by atoms with Crippen LogP contribution in [0.4, 0.5) is 0 Å². The van der Waals surface area contributed by atoms with Gasteiger partial charge in [-0.3, -0.25) is 4.79 Å². The highest BCUT2D eigenvalue weighted by Gasteiger charge is 2.19. The molecule has 1 amide bonds. The van der Waals surface area contributed by atoms with Crippen LogP contribution in [0.3, 0.4) is 0 Å². The van der Waals surface area contributed by atoms with Crippen molar-refractivity contribution in [2.45, 2.75) is 30.7 Å². The third kappa shape index (κ3) is 4.86. The smallest absolute Gasteiger partial charge is 0.250 e. The number of phenolic OH excluding ortho intramolecular Hbond substituents is 1. The van der Waals surface area contributed by atoms with Gasteiger partial charge in [0.1, 0.15) is 10.8 Å². The van der Waals surface area contributed by atoms with Gasteiger partial charge >= 0.3 is 0 Å².